The van der Waals surface area contributed by atoms with Crippen LogP contribution in [0.5, 0.6) is 11.5 Å². The molecule has 0 N–H and O–H groups in total. The van der Waals surface area contributed by atoms with Crippen molar-refractivity contribution in [3.8, 4) is 11.5 Å². The molecule has 0 heterocycles. The quantitative estimate of drug-likeness (QED) is 0.346. The Labute approximate surface area is 164 Å². The Kier molecular flexibility index (Phi) is 7.63. The summed E-state index contributed by atoms with van der Waals surface area (Å²) in [6, 6.07) is 7.33. The fraction of sp³-hybridized carbons (Fsp3) is 0.273. The zero-order valence-corrected chi connectivity index (χ0v) is 16.2. The van der Waals surface area contributed by atoms with E-state index in [1.54, 1.807) is 6.07 Å². The second-order valence-electron chi connectivity index (χ2n) is 5.85. The second kappa shape index (κ2) is 10.2. The minimum atomic E-state index is -0.832. The van der Waals surface area contributed by atoms with E-state index in [9.17, 15) is 9.59 Å². The normalized spacial score (nSPS) is 10.2. The van der Waals surface area contributed by atoms with Crippen LogP contribution < -0.4 is 9.47 Å². The van der Waals surface area contributed by atoms with Crippen LogP contribution >= 0.6 is 0 Å². The summed E-state index contributed by atoms with van der Waals surface area (Å²) in [7, 11) is 0. The van der Waals surface area contributed by atoms with E-state index in [0.717, 1.165) is 12.0 Å². The highest BCUT2D eigenvalue weighted by atomic mass is 16.7. The number of carbonyl (C=O) groups is 2. The molecule has 2 aromatic carbocycles. The molecule has 0 aromatic heterocycles. The molecule has 0 saturated heterocycles. The first-order chi connectivity index (χ1) is 13.5. The van der Waals surface area contributed by atoms with Crippen molar-refractivity contribution in [3.05, 3.63) is 60.7 Å². The van der Waals surface area contributed by atoms with Crippen LogP contribution in [-0.4, -0.2) is 25.5 Å². The highest BCUT2D eigenvalue weighted by Gasteiger charge is 2.19. The molecule has 6 nitrogen and oxygen atoms in total. The van der Waals surface area contributed by atoms with Gasteiger partial charge in [0.1, 0.15) is 24.7 Å². The molecule has 0 radical (unpaired) electrons. The summed E-state index contributed by atoms with van der Waals surface area (Å²) in [6.07, 6.45) is 2.61. The number of benzene rings is 2. The Balaban J connectivity index is 2.53. The lowest BCUT2D eigenvalue weighted by Crippen LogP contribution is -2.13. The molecule has 28 heavy (non-hydrogen) atoms. The highest BCUT2D eigenvalue weighted by Crippen LogP contribution is 2.38. The molecule has 0 bridgehead atoms. The first-order valence-corrected chi connectivity index (χ1v) is 9.03. The van der Waals surface area contributed by atoms with Gasteiger partial charge in [-0.15, -0.1) is 0 Å². The molecule has 0 unspecified atom stereocenters. The summed E-state index contributed by atoms with van der Waals surface area (Å²) in [4.78, 5) is 23.9. The van der Waals surface area contributed by atoms with Crippen molar-refractivity contribution >= 4 is 23.1 Å². The number of aryl methyl sites for hydroxylation is 2. The number of rotatable bonds is 8. The molecule has 2 aromatic rings. The third kappa shape index (κ3) is 5.13. The largest absolute Gasteiger partial charge is 0.514 e. The van der Waals surface area contributed by atoms with Gasteiger partial charge >= 0.3 is 12.3 Å². The second-order valence-corrected chi connectivity index (χ2v) is 5.85. The average Bonchev–Trinajstić information content (AvgIpc) is 2.71. The molecular formula is C22H24O6. The number of hydrogen-bond donors (Lipinski definition) is 0. The summed E-state index contributed by atoms with van der Waals surface area (Å²) < 4.78 is 20.7. The molecule has 0 saturated carbocycles. The van der Waals surface area contributed by atoms with Gasteiger partial charge in [0.25, 0.3) is 0 Å². The topological polar surface area (TPSA) is 71.1 Å². The maximum atomic E-state index is 12.0. The van der Waals surface area contributed by atoms with Crippen molar-refractivity contribution in [2.45, 2.75) is 26.7 Å². The van der Waals surface area contributed by atoms with Gasteiger partial charge in [-0.3, -0.25) is 0 Å². The standard InChI is InChI=1S/C22H24O6/c1-5-11-25-21(23)27-19-14-16(8-4)20(28-22(24)26-12-6-2)18-13-15(7-3)9-10-17(18)19/h5-6,9-10,13-14H,1-2,7-8,11-12H2,3-4H3. The SMILES string of the molecule is C=CCOC(=O)Oc1cc(CC)c(OC(=O)OCC=C)c2cc(CC)ccc12. The molecule has 0 amide bonds. The Morgan fingerprint density at radius 3 is 2.11 bits per heavy atom. The van der Waals surface area contributed by atoms with Crippen molar-refractivity contribution in [2.75, 3.05) is 13.2 Å². The predicted octanol–water partition coefficient (Wildman–Crippen LogP) is 5.37. The highest BCUT2D eigenvalue weighted by molar-refractivity contribution is 5.97. The minimum absolute atomic E-state index is 0.0493. The molecule has 0 atom stereocenters. The van der Waals surface area contributed by atoms with Gasteiger partial charge < -0.3 is 18.9 Å². The van der Waals surface area contributed by atoms with Crippen LogP contribution in [0.2, 0.25) is 0 Å². The molecule has 2 rings (SSSR count). The third-order valence-corrected chi connectivity index (χ3v) is 4.00. The van der Waals surface area contributed by atoms with Crippen LogP contribution in [-0.2, 0) is 22.3 Å². The molecule has 0 aliphatic heterocycles. The molecule has 0 spiro atoms. The van der Waals surface area contributed by atoms with Crippen LogP contribution in [0.3, 0.4) is 0 Å². The van der Waals surface area contributed by atoms with Gasteiger partial charge in [0.05, 0.1) is 0 Å². The average molecular weight is 384 g/mol. The van der Waals surface area contributed by atoms with Crippen molar-refractivity contribution in [3.63, 3.8) is 0 Å². The zero-order valence-electron chi connectivity index (χ0n) is 16.2. The van der Waals surface area contributed by atoms with Crippen LogP contribution in [0.4, 0.5) is 9.59 Å². The minimum Gasteiger partial charge on any atom is -0.430 e. The lowest BCUT2D eigenvalue weighted by molar-refractivity contribution is 0.108. The summed E-state index contributed by atoms with van der Waals surface area (Å²) in [5.41, 5.74) is 1.74. The Morgan fingerprint density at radius 1 is 0.893 bits per heavy atom. The van der Waals surface area contributed by atoms with E-state index in [1.165, 1.54) is 12.2 Å². The van der Waals surface area contributed by atoms with Gasteiger partial charge in [-0.2, -0.15) is 0 Å². The van der Waals surface area contributed by atoms with E-state index in [0.29, 0.717) is 34.3 Å². The van der Waals surface area contributed by atoms with Crippen molar-refractivity contribution in [1.82, 2.24) is 0 Å². The lowest BCUT2D eigenvalue weighted by Gasteiger charge is -2.16. The number of fused-ring (bicyclic) bond motifs is 1. The smallest absolute Gasteiger partial charge is 0.430 e. The van der Waals surface area contributed by atoms with Crippen molar-refractivity contribution in [1.29, 1.82) is 0 Å². The molecule has 6 heteroatoms. The van der Waals surface area contributed by atoms with E-state index in [2.05, 4.69) is 13.2 Å². The van der Waals surface area contributed by atoms with E-state index < -0.39 is 12.3 Å². The predicted molar refractivity (Wildman–Crippen MR) is 107 cm³/mol. The third-order valence-electron chi connectivity index (χ3n) is 4.00. The van der Waals surface area contributed by atoms with Gasteiger partial charge in [-0.25, -0.2) is 9.59 Å². The molecule has 0 aliphatic rings. The lowest BCUT2D eigenvalue weighted by atomic mass is 9.99. The fourth-order valence-electron chi connectivity index (χ4n) is 2.64. The Morgan fingerprint density at radius 2 is 1.54 bits per heavy atom. The van der Waals surface area contributed by atoms with Crippen molar-refractivity contribution < 1.29 is 28.5 Å². The molecular weight excluding hydrogens is 360 g/mol. The Bertz CT molecular complexity index is 884. The number of carbonyl (C=O) groups excluding carboxylic acids is 2. The zero-order chi connectivity index (χ0) is 20.5. The van der Waals surface area contributed by atoms with Crippen molar-refractivity contribution in [2.24, 2.45) is 0 Å². The molecule has 0 aliphatic carbocycles. The maximum absolute atomic E-state index is 12.0. The van der Waals surface area contributed by atoms with Gasteiger partial charge in [0, 0.05) is 10.8 Å². The van der Waals surface area contributed by atoms with Gasteiger partial charge in [-0.05, 0) is 36.1 Å². The van der Waals surface area contributed by atoms with E-state index in [-0.39, 0.29) is 13.2 Å². The molecule has 148 valence electrons. The number of hydrogen-bond acceptors (Lipinski definition) is 6. The van der Waals surface area contributed by atoms with Gasteiger partial charge in [0.2, 0.25) is 0 Å². The van der Waals surface area contributed by atoms with Crippen LogP contribution in [0.1, 0.15) is 25.0 Å². The van der Waals surface area contributed by atoms with Gasteiger partial charge in [-0.1, -0.05) is 51.3 Å². The molecule has 0 fully saturated rings. The van der Waals surface area contributed by atoms with E-state index >= 15 is 0 Å². The van der Waals surface area contributed by atoms with Crippen LogP contribution in [0.25, 0.3) is 10.8 Å². The first kappa shape index (κ1) is 21.0. The van der Waals surface area contributed by atoms with Gasteiger partial charge in [0.15, 0.2) is 0 Å². The van der Waals surface area contributed by atoms with E-state index in [1.807, 2.05) is 32.0 Å². The summed E-state index contributed by atoms with van der Waals surface area (Å²) >= 11 is 0. The number of ether oxygens (including phenoxy) is 4. The van der Waals surface area contributed by atoms with E-state index in [4.69, 9.17) is 18.9 Å². The summed E-state index contributed by atoms with van der Waals surface area (Å²) in [5, 5.41) is 1.28. The van der Waals surface area contributed by atoms with Crippen LogP contribution in [0.15, 0.2) is 49.6 Å². The summed E-state index contributed by atoms with van der Waals surface area (Å²) in [6.45, 7) is 11.0. The first-order valence-electron chi connectivity index (χ1n) is 9.03. The Hall–Kier alpha value is -3.28. The van der Waals surface area contributed by atoms with Crippen LogP contribution in [0, 0.1) is 0 Å². The monoisotopic (exact) mass is 384 g/mol. The maximum Gasteiger partial charge on any atom is 0.514 e. The summed E-state index contributed by atoms with van der Waals surface area (Å²) in [5.74, 6) is 0.712. The fourth-order valence-corrected chi connectivity index (χ4v) is 2.64.